The molecule has 1 amide bonds. The monoisotopic (exact) mass is 641 g/mol. The molecule has 1 heterocycles. The first-order valence-corrected chi connectivity index (χ1v) is 14.1. The van der Waals surface area contributed by atoms with Crippen molar-refractivity contribution in [1.29, 1.82) is 0 Å². The summed E-state index contributed by atoms with van der Waals surface area (Å²) in [5.74, 6) is 0.829. The number of hydrazone groups is 1. The van der Waals surface area contributed by atoms with E-state index in [1.165, 1.54) is 6.21 Å². The molecule has 43 heavy (non-hydrogen) atoms. The topological polar surface area (TPSA) is 111 Å². The van der Waals surface area contributed by atoms with Gasteiger partial charge in [0.05, 0.1) is 43.5 Å². The lowest BCUT2D eigenvalue weighted by molar-refractivity contribution is 0.0728. The first-order chi connectivity index (χ1) is 20.9. The molecule has 0 saturated heterocycles. The molecule has 0 aliphatic heterocycles. The molecule has 5 aromatic rings. The molecule has 218 valence electrons. The third-order valence-corrected chi connectivity index (χ3v) is 7.07. The highest BCUT2D eigenvalue weighted by molar-refractivity contribution is 9.10. The summed E-state index contributed by atoms with van der Waals surface area (Å²) < 4.78 is 23.3. The number of nitrogens with one attached hydrogen (secondary N) is 2. The second-order valence-corrected chi connectivity index (χ2v) is 10.1. The number of ether oxygens (including phenoxy) is 4. The number of halogens is 1. The summed E-state index contributed by atoms with van der Waals surface area (Å²) in [4.78, 5) is 29.3. The molecule has 2 N–H and O–H groups in total. The summed E-state index contributed by atoms with van der Waals surface area (Å²) in [5.41, 5.74) is 6.04. The van der Waals surface area contributed by atoms with E-state index < -0.39 is 11.9 Å². The van der Waals surface area contributed by atoms with Crippen molar-refractivity contribution in [3.8, 4) is 34.1 Å². The standard InChI is InChI=1S/C33H28BrN3O6/c1-4-42-27-18-20(10-15-24(27)43-33(39)22-11-13-23(34)14-12-22)19-35-37-32(38)31-28(21-8-6-5-7-9-21)29-25(40-2)16-17-26(41-3)30(29)36-31/h5-19,36H,4H2,1-3H3,(H,37,38). The Morgan fingerprint density at radius 2 is 1.58 bits per heavy atom. The number of carbonyl (C=O) groups is 2. The van der Waals surface area contributed by atoms with Crippen LogP contribution in [-0.4, -0.2) is 43.9 Å². The minimum Gasteiger partial charge on any atom is -0.496 e. The molecule has 5 rings (SSSR count). The molecule has 4 aromatic carbocycles. The number of esters is 1. The summed E-state index contributed by atoms with van der Waals surface area (Å²) in [6.45, 7) is 2.19. The number of hydrogen-bond donors (Lipinski definition) is 2. The molecule has 9 nitrogen and oxygen atoms in total. The van der Waals surface area contributed by atoms with E-state index in [-0.39, 0.29) is 5.75 Å². The van der Waals surface area contributed by atoms with Crippen LogP contribution in [0.1, 0.15) is 33.3 Å². The maximum Gasteiger partial charge on any atom is 0.343 e. The van der Waals surface area contributed by atoms with E-state index in [1.54, 1.807) is 68.8 Å². The van der Waals surface area contributed by atoms with Crippen LogP contribution in [0.3, 0.4) is 0 Å². The van der Waals surface area contributed by atoms with Gasteiger partial charge in [0.1, 0.15) is 17.2 Å². The van der Waals surface area contributed by atoms with Crippen molar-refractivity contribution in [2.75, 3.05) is 20.8 Å². The number of amides is 1. The number of carbonyl (C=O) groups excluding carboxylic acids is 2. The molecule has 0 aliphatic rings. The van der Waals surface area contributed by atoms with Gasteiger partial charge in [-0.05, 0) is 72.6 Å². The number of aromatic amines is 1. The number of methoxy groups -OCH3 is 2. The Hall–Kier alpha value is -5.09. The summed E-state index contributed by atoms with van der Waals surface area (Å²) >= 11 is 3.36. The highest BCUT2D eigenvalue weighted by Gasteiger charge is 2.24. The molecule has 10 heteroatoms. The maximum atomic E-state index is 13.5. The number of aromatic nitrogens is 1. The van der Waals surface area contributed by atoms with Crippen LogP contribution in [0.4, 0.5) is 0 Å². The van der Waals surface area contributed by atoms with Crippen LogP contribution >= 0.6 is 15.9 Å². The molecular formula is C33H28BrN3O6. The zero-order valence-electron chi connectivity index (χ0n) is 23.6. The van der Waals surface area contributed by atoms with E-state index in [1.807, 2.05) is 37.3 Å². The number of fused-ring (bicyclic) bond motifs is 1. The van der Waals surface area contributed by atoms with Crippen molar-refractivity contribution >= 4 is 44.9 Å². The average molecular weight is 643 g/mol. The molecule has 0 unspecified atom stereocenters. The van der Waals surface area contributed by atoms with E-state index in [4.69, 9.17) is 18.9 Å². The lowest BCUT2D eigenvalue weighted by Gasteiger charge is -2.11. The van der Waals surface area contributed by atoms with Gasteiger partial charge < -0.3 is 23.9 Å². The van der Waals surface area contributed by atoms with Gasteiger partial charge in [-0.1, -0.05) is 46.3 Å². The van der Waals surface area contributed by atoms with E-state index in [0.717, 1.165) is 15.4 Å². The van der Waals surface area contributed by atoms with E-state index >= 15 is 0 Å². The third kappa shape index (κ3) is 6.39. The quantitative estimate of drug-likeness (QED) is 0.0735. The lowest BCUT2D eigenvalue weighted by atomic mass is 10.0. The number of benzene rings is 4. The summed E-state index contributed by atoms with van der Waals surface area (Å²) in [5, 5.41) is 4.90. The van der Waals surface area contributed by atoms with Gasteiger partial charge in [0.2, 0.25) is 0 Å². The predicted octanol–water partition coefficient (Wildman–Crippen LogP) is 7.00. The highest BCUT2D eigenvalue weighted by atomic mass is 79.9. The minimum absolute atomic E-state index is 0.268. The van der Waals surface area contributed by atoms with E-state index in [0.29, 0.717) is 51.8 Å². The number of rotatable bonds is 10. The van der Waals surface area contributed by atoms with Gasteiger partial charge in [0, 0.05) is 10.0 Å². The molecule has 0 radical (unpaired) electrons. The smallest absolute Gasteiger partial charge is 0.343 e. The van der Waals surface area contributed by atoms with Crippen LogP contribution in [0.15, 0.2) is 94.5 Å². The minimum atomic E-state index is -0.511. The Kier molecular flexibility index (Phi) is 9.07. The Bertz CT molecular complexity index is 1800. The molecule has 0 bridgehead atoms. The average Bonchev–Trinajstić information content (AvgIpc) is 3.44. The molecular weight excluding hydrogens is 614 g/mol. The van der Waals surface area contributed by atoms with E-state index in [2.05, 4.69) is 31.4 Å². The fourth-order valence-corrected chi connectivity index (χ4v) is 4.84. The van der Waals surface area contributed by atoms with Crippen molar-refractivity contribution in [3.05, 3.63) is 106 Å². The SMILES string of the molecule is CCOc1cc(C=NNC(=O)c2[nH]c3c(OC)ccc(OC)c3c2-c2ccccc2)ccc1OC(=O)c1ccc(Br)cc1. The first-order valence-electron chi connectivity index (χ1n) is 13.3. The van der Waals surface area contributed by atoms with E-state index in [9.17, 15) is 9.59 Å². The van der Waals surface area contributed by atoms with Gasteiger partial charge in [0.15, 0.2) is 11.5 Å². The molecule has 0 spiro atoms. The second kappa shape index (κ2) is 13.3. The predicted molar refractivity (Wildman–Crippen MR) is 169 cm³/mol. The lowest BCUT2D eigenvalue weighted by Crippen LogP contribution is -2.19. The van der Waals surface area contributed by atoms with Crippen LogP contribution in [0.2, 0.25) is 0 Å². The van der Waals surface area contributed by atoms with Gasteiger partial charge in [0.25, 0.3) is 5.91 Å². The molecule has 0 saturated carbocycles. The number of hydrogen-bond acceptors (Lipinski definition) is 7. The van der Waals surface area contributed by atoms with Gasteiger partial charge in [-0.2, -0.15) is 5.10 Å². The van der Waals surface area contributed by atoms with Crippen LogP contribution in [0.5, 0.6) is 23.0 Å². The van der Waals surface area contributed by atoms with Crippen molar-refractivity contribution in [3.63, 3.8) is 0 Å². The van der Waals surface area contributed by atoms with Crippen molar-refractivity contribution in [2.24, 2.45) is 5.10 Å². The van der Waals surface area contributed by atoms with Crippen molar-refractivity contribution in [2.45, 2.75) is 6.92 Å². The third-order valence-electron chi connectivity index (χ3n) is 6.54. The Morgan fingerprint density at radius 3 is 2.28 bits per heavy atom. The Labute approximate surface area is 256 Å². The van der Waals surface area contributed by atoms with Gasteiger partial charge in [-0.15, -0.1) is 0 Å². The summed E-state index contributed by atoms with van der Waals surface area (Å²) in [6, 6.07) is 25.0. The molecule has 1 aromatic heterocycles. The Morgan fingerprint density at radius 1 is 0.884 bits per heavy atom. The van der Waals surface area contributed by atoms with Crippen LogP contribution in [-0.2, 0) is 0 Å². The summed E-state index contributed by atoms with van der Waals surface area (Å²) in [6.07, 6.45) is 1.48. The first kappa shape index (κ1) is 29.4. The zero-order valence-corrected chi connectivity index (χ0v) is 25.2. The molecule has 0 atom stereocenters. The Balaban J connectivity index is 1.41. The van der Waals surface area contributed by atoms with Crippen LogP contribution in [0.25, 0.3) is 22.0 Å². The zero-order chi connectivity index (χ0) is 30.3. The highest BCUT2D eigenvalue weighted by Crippen LogP contribution is 2.42. The van der Waals surface area contributed by atoms with Gasteiger partial charge in [-0.25, -0.2) is 10.2 Å². The number of H-pyrrole nitrogens is 1. The van der Waals surface area contributed by atoms with Crippen LogP contribution < -0.4 is 24.4 Å². The molecule has 0 fully saturated rings. The van der Waals surface area contributed by atoms with Crippen molar-refractivity contribution in [1.82, 2.24) is 10.4 Å². The summed E-state index contributed by atoms with van der Waals surface area (Å²) in [7, 11) is 3.15. The maximum absolute atomic E-state index is 13.5. The fraction of sp³-hybridized carbons (Fsp3) is 0.121. The largest absolute Gasteiger partial charge is 0.496 e. The fourth-order valence-electron chi connectivity index (χ4n) is 4.58. The second-order valence-electron chi connectivity index (χ2n) is 9.20. The van der Waals surface area contributed by atoms with Crippen LogP contribution in [0, 0.1) is 0 Å². The van der Waals surface area contributed by atoms with Gasteiger partial charge >= 0.3 is 5.97 Å². The molecule has 0 aliphatic carbocycles. The van der Waals surface area contributed by atoms with Crippen molar-refractivity contribution < 1.29 is 28.5 Å². The normalized spacial score (nSPS) is 11.0. The van der Waals surface area contributed by atoms with Gasteiger partial charge in [-0.3, -0.25) is 4.79 Å². The number of nitrogens with zero attached hydrogens (tertiary/aromatic N) is 1.